The van der Waals surface area contributed by atoms with Gasteiger partial charge in [0.15, 0.2) is 5.71 Å². The lowest BCUT2D eigenvalue weighted by atomic mass is 9.82. The number of Topliss-reactive ketones (excluding diaryl/α,β-unsaturated/α-hetero) is 1. The minimum atomic E-state index is -0.0554. The summed E-state index contributed by atoms with van der Waals surface area (Å²) in [7, 11) is 3.94. The van der Waals surface area contributed by atoms with Crippen molar-refractivity contribution in [1.29, 1.82) is 0 Å². The summed E-state index contributed by atoms with van der Waals surface area (Å²) in [6.45, 7) is 12.5. The molecule has 1 N–H and O–H groups in total. The molecule has 1 aromatic heterocycles. The van der Waals surface area contributed by atoms with Crippen LogP contribution >= 0.6 is 0 Å². The minimum Gasteiger partial charge on any atom is -0.506 e. The maximum atomic E-state index is 13.1. The van der Waals surface area contributed by atoms with Crippen LogP contribution in [-0.4, -0.2) is 32.8 Å². The zero-order valence-corrected chi connectivity index (χ0v) is 17.2. The van der Waals surface area contributed by atoms with Crippen LogP contribution in [0.15, 0.2) is 28.2 Å². The molecule has 1 aliphatic heterocycles. The molecule has 0 amide bonds. The van der Waals surface area contributed by atoms with Gasteiger partial charge in [0, 0.05) is 30.8 Å². The van der Waals surface area contributed by atoms with Crippen molar-refractivity contribution in [3.05, 3.63) is 50.7 Å². The summed E-state index contributed by atoms with van der Waals surface area (Å²) in [5.74, 6) is 0.0768. The first-order valence-corrected chi connectivity index (χ1v) is 9.34. The van der Waals surface area contributed by atoms with Crippen molar-refractivity contribution in [2.45, 2.75) is 54.4 Å². The molecule has 0 radical (unpaired) electrons. The molecule has 0 saturated carbocycles. The Bertz CT molecular complexity index is 978. The highest BCUT2D eigenvalue weighted by molar-refractivity contribution is 6.39. The number of allylic oxidation sites excluding steroid dienone is 4. The first-order valence-electron chi connectivity index (χ1n) is 9.34. The number of hydrogen-bond donors (Lipinski definition) is 1. The molecule has 0 spiro atoms. The summed E-state index contributed by atoms with van der Waals surface area (Å²) in [5, 5.41) is 10.9. The maximum absolute atomic E-state index is 13.1. The molecule has 0 saturated heterocycles. The van der Waals surface area contributed by atoms with E-state index in [1.807, 2.05) is 37.1 Å². The molecule has 0 fully saturated rings. The van der Waals surface area contributed by atoms with E-state index in [4.69, 9.17) is 0 Å². The van der Waals surface area contributed by atoms with Crippen molar-refractivity contribution >= 4 is 17.1 Å². The average molecular weight is 353 g/mol. The minimum absolute atomic E-state index is 0.0554. The van der Waals surface area contributed by atoms with Gasteiger partial charge in [-0.25, -0.2) is 0 Å². The van der Waals surface area contributed by atoms with Gasteiger partial charge in [-0.1, -0.05) is 13.8 Å². The van der Waals surface area contributed by atoms with Crippen LogP contribution in [0.2, 0.25) is 0 Å². The van der Waals surface area contributed by atoms with Gasteiger partial charge in [0.1, 0.15) is 18.4 Å². The number of aliphatic hydroxyl groups is 1. The number of carbonyl (C=O) groups is 1. The van der Waals surface area contributed by atoms with E-state index in [9.17, 15) is 9.90 Å². The summed E-state index contributed by atoms with van der Waals surface area (Å²) in [5.41, 5.74) is 9.62. The first-order chi connectivity index (χ1) is 12.2. The Labute approximate surface area is 155 Å². The van der Waals surface area contributed by atoms with Crippen LogP contribution < -0.4 is 0 Å². The second-order valence-electron chi connectivity index (χ2n) is 7.33. The van der Waals surface area contributed by atoms with Crippen molar-refractivity contribution in [1.82, 2.24) is 4.57 Å². The summed E-state index contributed by atoms with van der Waals surface area (Å²) in [6, 6.07) is 0. The molecule has 0 aromatic carbocycles. The lowest BCUT2D eigenvalue weighted by Crippen LogP contribution is -2.27. The number of aliphatic hydroxyl groups excluding tert-OH is 1. The molecule has 0 bridgehead atoms. The molecule has 138 valence electrons. The second kappa shape index (κ2) is 6.11. The van der Waals surface area contributed by atoms with Gasteiger partial charge in [-0.05, 0) is 44.7 Å². The summed E-state index contributed by atoms with van der Waals surface area (Å²) < 4.78 is 4.07. The average Bonchev–Trinajstić information content (AvgIpc) is 2.94. The third-order valence-electron chi connectivity index (χ3n) is 6.27. The van der Waals surface area contributed by atoms with Crippen LogP contribution in [0.4, 0.5) is 0 Å². The van der Waals surface area contributed by atoms with E-state index in [1.54, 1.807) is 0 Å². The van der Waals surface area contributed by atoms with E-state index < -0.39 is 0 Å². The van der Waals surface area contributed by atoms with Gasteiger partial charge in [0.05, 0.1) is 11.3 Å². The normalized spacial score (nSPS) is 20.7. The lowest BCUT2D eigenvalue weighted by Gasteiger charge is -2.23. The molecule has 2 aliphatic rings. The molecule has 2 heterocycles. The van der Waals surface area contributed by atoms with E-state index in [2.05, 4.69) is 27.7 Å². The van der Waals surface area contributed by atoms with Crippen molar-refractivity contribution in [3.8, 4) is 0 Å². The Kier molecular flexibility index (Phi) is 4.33. The topological polar surface area (TPSA) is 45.2 Å². The lowest BCUT2D eigenvalue weighted by molar-refractivity contribution is -0.437. The smallest absolute Gasteiger partial charge is 0.223 e. The third-order valence-corrected chi connectivity index (χ3v) is 6.27. The van der Waals surface area contributed by atoms with Crippen molar-refractivity contribution in [2.24, 2.45) is 7.05 Å². The molecule has 4 heteroatoms. The molecule has 1 aliphatic carbocycles. The Morgan fingerprint density at radius 2 is 1.65 bits per heavy atom. The number of rotatable bonds is 3. The highest BCUT2D eigenvalue weighted by Gasteiger charge is 2.45. The van der Waals surface area contributed by atoms with Gasteiger partial charge in [-0.3, -0.25) is 4.79 Å². The number of carbonyl (C=O) groups excluding carboxylic acids is 1. The van der Waals surface area contributed by atoms with Crippen molar-refractivity contribution in [3.63, 3.8) is 0 Å². The Morgan fingerprint density at radius 1 is 1.04 bits per heavy atom. The Hall–Kier alpha value is -2.36. The van der Waals surface area contributed by atoms with Crippen molar-refractivity contribution in [2.75, 3.05) is 7.05 Å². The Morgan fingerprint density at radius 3 is 2.08 bits per heavy atom. The van der Waals surface area contributed by atoms with Crippen LogP contribution in [0.3, 0.4) is 0 Å². The van der Waals surface area contributed by atoms with E-state index in [1.165, 1.54) is 11.1 Å². The largest absolute Gasteiger partial charge is 0.506 e. The predicted octanol–water partition coefficient (Wildman–Crippen LogP) is 4.15. The quantitative estimate of drug-likeness (QED) is 0.655. The Balaban J connectivity index is 2.25. The van der Waals surface area contributed by atoms with Crippen LogP contribution in [-0.2, 0) is 18.3 Å². The monoisotopic (exact) mass is 353 g/mol. The first kappa shape index (κ1) is 18.4. The fourth-order valence-electron chi connectivity index (χ4n) is 4.67. The molecule has 0 atom stereocenters. The SMILES string of the molecule is CCC1=C(C)/C(=C2\C(=O)C(c3c(C)c(CC)c(C)n3C)=C2O)[N+](C)=C1C. The molecule has 26 heavy (non-hydrogen) atoms. The number of ketones is 1. The van der Waals surface area contributed by atoms with Gasteiger partial charge >= 0.3 is 0 Å². The summed E-state index contributed by atoms with van der Waals surface area (Å²) >= 11 is 0. The highest BCUT2D eigenvalue weighted by Crippen LogP contribution is 2.43. The van der Waals surface area contributed by atoms with E-state index in [0.29, 0.717) is 11.1 Å². The van der Waals surface area contributed by atoms with Crippen LogP contribution in [0.5, 0.6) is 0 Å². The fraction of sp³-hybridized carbons (Fsp3) is 0.455. The van der Waals surface area contributed by atoms with E-state index in [0.717, 1.165) is 46.8 Å². The number of aromatic nitrogens is 1. The number of nitrogens with zero attached hydrogens (tertiary/aromatic N) is 2. The van der Waals surface area contributed by atoms with Gasteiger partial charge in [-0.2, -0.15) is 4.58 Å². The molecule has 4 nitrogen and oxygen atoms in total. The van der Waals surface area contributed by atoms with E-state index in [-0.39, 0.29) is 11.5 Å². The van der Waals surface area contributed by atoms with Crippen LogP contribution in [0.25, 0.3) is 5.57 Å². The van der Waals surface area contributed by atoms with Gasteiger partial charge in [0.2, 0.25) is 11.5 Å². The second-order valence-corrected chi connectivity index (χ2v) is 7.33. The van der Waals surface area contributed by atoms with Gasteiger partial charge in [0.25, 0.3) is 0 Å². The molecular formula is C22H29N2O2+. The fourth-order valence-corrected chi connectivity index (χ4v) is 4.67. The van der Waals surface area contributed by atoms with E-state index >= 15 is 0 Å². The zero-order chi connectivity index (χ0) is 19.5. The van der Waals surface area contributed by atoms with Gasteiger partial charge < -0.3 is 9.67 Å². The zero-order valence-electron chi connectivity index (χ0n) is 17.2. The molecule has 1 aromatic rings. The standard InChI is InChI=1S/C22H28N2O2/c1-9-15-11(3)19(23(7)13(15)5)17-21(25)18(22(17)26)20-12(4)16(10-2)14(6)24(20)8/h9-10H2,1-8H3/p+1. The number of hydrogen-bond acceptors (Lipinski definition) is 2. The predicted molar refractivity (Wildman–Crippen MR) is 106 cm³/mol. The third kappa shape index (κ3) is 2.14. The summed E-state index contributed by atoms with van der Waals surface area (Å²) in [6.07, 6.45) is 1.83. The maximum Gasteiger partial charge on any atom is 0.223 e. The summed E-state index contributed by atoms with van der Waals surface area (Å²) in [4.78, 5) is 13.1. The molecule has 3 rings (SSSR count). The molecule has 0 unspecified atom stereocenters. The van der Waals surface area contributed by atoms with Crippen molar-refractivity contribution < 1.29 is 14.5 Å². The van der Waals surface area contributed by atoms with Crippen LogP contribution in [0, 0.1) is 13.8 Å². The van der Waals surface area contributed by atoms with Gasteiger partial charge in [-0.15, -0.1) is 0 Å². The van der Waals surface area contributed by atoms with Crippen LogP contribution in [0.1, 0.15) is 56.6 Å². The molecular weight excluding hydrogens is 324 g/mol. The highest BCUT2D eigenvalue weighted by atomic mass is 16.3. The number of likely N-dealkylation sites (N-methyl/N-ethyl adjacent to an activating group) is 1.